The van der Waals surface area contributed by atoms with E-state index in [0.717, 1.165) is 40.9 Å². The van der Waals surface area contributed by atoms with E-state index in [9.17, 15) is 0 Å². The van der Waals surface area contributed by atoms with Crippen LogP contribution in [0, 0.1) is 0 Å². The first-order valence-electron chi connectivity index (χ1n) is 7.11. The highest BCUT2D eigenvalue weighted by Gasteiger charge is 2.29. The molecule has 3 rings (SSSR count). The van der Waals surface area contributed by atoms with E-state index >= 15 is 0 Å². The van der Waals surface area contributed by atoms with Gasteiger partial charge in [0.05, 0.1) is 0 Å². The lowest BCUT2D eigenvalue weighted by Gasteiger charge is -2.10. The molecule has 112 valence electrons. The van der Waals surface area contributed by atoms with Crippen molar-refractivity contribution in [1.82, 2.24) is 10.1 Å². The average molecular weight is 352 g/mol. The average Bonchev–Trinajstić information content (AvgIpc) is 3.18. The lowest BCUT2D eigenvalue weighted by Crippen LogP contribution is -2.18. The summed E-state index contributed by atoms with van der Waals surface area (Å²) >= 11 is 3.53. The van der Waals surface area contributed by atoms with Gasteiger partial charge in [-0.3, -0.25) is 0 Å². The highest BCUT2D eigenvalue weighted by Crippen LogP contribution is 2.38. The Kier molecular flexibility index (Phi) is 4.26. The van der Waals surface area contributed by atoms with Gasteiger partial charge >= 0.3 is 0 Å². The number of ether oxygens (including phenoxy) is 1. The molecule has 2 aromatic rings. The van der Waals surface area contributed by atoms with E-state index in [1.54, 1.807) is 0 Å². The van der Waals surface area contributed by atoms with E-state index < -0.39 is 0 Å². The number of rotatable bonds is 6. The summed E-state index contributed by atoms with van der Waals surface area (Å²) in [5, 5.41) is 3.94. The Balaban J connectivity index is 1.63. The van der Waals surface area contributed by atoms with Crippen LogP contribution in [0.15, 0.2) is 27.2 Å². The molecule has 21 heavy (non-hydrogen) atoms. The molecular formula is C15H18BrN3O2. The number of hydrogen-bond donors (Lipinski definition) is 1. The molecule has 1 aromatic carbocycles. The van der Waals surface area contributed by atoms with Crippen molar-refractivity contribution in [3.8, 4) is 5.75 Å². The number of benzene rings is 1. The lowest BCUT2D eigenvalue weighted by atomic mass is 10.1. The maximum absolute atomic E-state index is 5.85. The zero-order chi connectivity index (χ0) is 14.8. The second-order valence-electron chi connectivity index (χ2n) is 5.55. The molecule has 0 amide bonds. The van der Waals surface area contributed by atoms with Crippen LogP contribution in [0.4, 0.5) is 0 Å². The van der Waals surface area contributed by atoms with Crippen molar-refractivity contribution in [3.05, 3.63) is 40.0 Å². The first-order valence-corrected chi connectivity index (χ1v) is 7.90. The first kappa shape index (κ1) is 14.5. The summed E-state index contributed by atoms with van der Waals surface area (Å²) in [4.78, 5) is 4.34. The van der Waals surface area contributed by atoms with E-state index in [0.29, 0.717) is 18.3 Å². The number of aromatic nitrogens is 2. The van der Waals surface area contributed by atoms with Gasteiger partial charge in [0.1, 0.15) is 5.75 Å². The summed E-state index contributed by atoms with van der Waals surface area (Å²) in [5.74, 6) is 2.58. The number of nitrogens with two attached hydrogens (primary N) is 1. The molecule has 0 spiro atoms. The Bertz CT molecular complexity index is 623. The number of halogens is 1. The van der Waals surface area contributed by atoms with E-state index in [4.69, 9.17) is 15.0 Å². The van der Waals surface area contributed by atoms with Crippen LogP contribution in [-0.2, 0) is 13.0 Å². The fraction of sp³-hybridized carbons (Fsp3) is 0.467. The molecule has 1 saturated carbocycles. The van der Waals surface area contributed by atoms with E-state index in [2.05, 4.69) is 26.1 Å². The van der Waals surface area contributed by atoms with Crippen LogP contribution in [0.3, 0.4) is 0 Å². The normalized spacial score (nSPS) is 16.0. The van der Waals surface area contributed by atoms with Gasteiger partial charge in [-0.15, -0.1) is 0 Å². The molecule has 1 fully saturated rings. The van der Waals surface area contributed by atoms with Gasteiger partial charge in [-0.25, -0.2) is 0 Å². The smallest absolute Gasteiger partial charge is 0.229 e. The predicted octanol–water partition coefficient (Wildman–Crippen LogP) is 3.18. The number of hydrogen-bond acceptors (Lipinski definition) is 5. The molecule has 0 aliphatic heterocycles. The lowest BCUT2D eigenvalue weighted by molar-refractivity contribution is 0.285. The second kappa shape index (κ2) is 6.15. The summed E-state index contributed by atoms with van der Waals surface area (Å²) in [6.45, 7) is 2.30. The minimum absolute atomic E-state index is 0.106. The molecule has 1 aromatic heterocycles. The Morgan fingerprint density at radius 2 is 2.29 bits per heavy atom. The molecule has 6 heteroatoms. The van der Waals surface area contributed by atoms with Crippen molar-refractivity contribution in [2.75, 3.05) is 0 Å². The molecule has 0 radical (unpaired) electrons. The predicted molar refractivity (Wildman–Crippen MR) is 82.1 cm³/mol. The largest absolute Gasteiger partial charge is 0.485 e. The van der Waals surface area contributed by atoms with Crippen LogP contribution in [0.25, 0.3) is 0 Å². The van der Waals surface area contributed by atoms with Crippen molar-refractivity contribution in [2.45, 2.75) is 44.8 Å². The van der Waals surface area contributed by atoms with Crippen LogP contribution >= 0.6 is 15.9 Å². The molecule has 1 atom stereocenters. The third-order valence-corrected chi connectivity index (χ3v) is 4.11. The minimum atomic E-state index is 0.106. The van der Waals surface area contributed by atoms with E-state index in [1.165, 1.54) is 0 Å². The second-order valence-corrected chi connectivity index (χ2v) is 6.40. The molecule has 1 heterocycles. The SMILES string of the molecule is CC(N)Cc1cc(OCc2noc(C3CC3)n2)ccc1Br. The molecule has 0 bridgehead atoms. The van der Waals surface area contributed by atoms with Gasteiger partial charge in [0.15, 0.2) is 6.61 Å². The van der Waals surface area contributed by atoms with Gasteiger partial charge in [-0.2, -0.15) is 4.98 Å². The molecular weight excluding hydrogens is 334 g/mol. The summed E-state index contributed by atoms with van der Waals surface area (Å²) in [6.07, 6.45) is 3.09. The van der Waals surface area contributed by atoms with Gasteiger partial charge in [0, 0.05) is 16.4 Å². The highest BCUT2D eigenvalue weighted by atomic mass is 79.9. The van der Waals surface area contributed by atoms with Crippen molar-refractivity contribution in [3.63, 3.8) is 0 Å². The molecule has 5 nitrogen and oxygen atoms in total. The maximum atomic E-state index is 5.85. The third-order valence-electron chi connectivity index (χ3n) is 3.34. The fourth-order valence-electron chi connectivity index (χ4n) is 2.11. The zero-order valence-corrected chi connectivity index (χ0v) is 13.5. The summed E-state index contributed by atoms with van der Waals surface area (Å²) in [6, 6.07) is 5.99. The van der Waals surface area contributed by atoms with Crippen molar-refractivity contribution in [2.24, 2.45) is 5.73 Å². The zero-order valence-electron chi connectivity index (χ0n) is 11.9. The summed E-state index contributed by atoms with van der Waals surface area (Å²) in [7, 11) is 0. The van der Waals surface area contributed by atoms with E-state index in [-0.39, 0.29) is 6.04 Å². The summed E-state index contributed by atoms with van der Waals surface area (Å²) in [5.41, 5.74) is 6.98. The highest BCUT2D eigenvalue weighted by molar-refractivity contribution is 9.10. The summed E-state index contributed by atoms with van der Waals surface area (Å²) < 4.78 is 12.0. The molecule has 1 unspecified atom stereocenters. The quantitative estimate of drug-likeness (QED) is 0.864. The fourth-order valence-corrected chi connectivity index (χ4v) is 2.52. The van der Waals surface area contributed by atoms with Crippen molar-refractivity contribution < 1.29 is 9.26 Å². The first-order chi connectivity index (χ1) is 10.1. The molecule has 1 aliphatic carbocycles. The van der Waals surface area contributed by atoms with Gasteiger partial charge in [0.2, 0.25) is 11.7 Å². The monoisotopic (exact) mass is 351 g/mol. The third kappa shape index (κ3) is 3.83. The van der Waals surface area contributed by atoms with Gasteiger partial charge in [0.25, 0.3) is 0 Å². The van der Waals surface area contributed by atoms with Crippen molar-refractivity contribution >= 4 is 15.9 Å². The molecule has 0 saturated heterocycles. The van der Waals surface area contributed by atoms with Crippen LogP contribution in [0.2, 0.25) is 0 Å². The van der Waals surface area contributed by atoms with Gasteiger partial charge < -0.3 is 15.0 Å². The van der Waals surface area contributed by atoms with Gasteiger partial charge in [-0.1, -0.05) is 21.1 Å². The van der Waals surface area contributed by atoms with Gasteiger partial charge in [-0.05, 0) is 49.9 Å². The standard InChI is InChI=1S/C15H18BrN3O2/c1-9(17)6-11-7-12(4-5-13(11)16)20-8-14-18-15(21-19-14)10-2-3-10/h4-5,7,9-10H,2-3,6,8,17H2,1H3. The number of nitrogens with zero attached hydrogens (tertiary/aromatic N) is 2. The van der Waals surface area contributed by atoms with Crippen LogP contribution in [-0.4, -0.2) is 16.2 Å². The van der Waals surface area contributed by atoms with Crippen LogP contribution < -0.4 is 10.5 Å². The van der Waals surface area contributed by atoms with Crippen molar-refractivity contribution in [1.29, 1.82) is 0 Å². The Labute approximate surface area is 132 Å². The van der Waals surface area contributed by atoms with Crippen LogP contribution in [0.5, 0.6) is 5.75 Å². The Morgan fingerprint density at radius 3 is 3.00 bits per heavy atom. The Morgan fingerprint density at radius 1 is 1.48 bits per heavy atom. The topological polar surface area (TPSA) is 74.2 Å². The maximum Gasteiger partial charge on any atom is 0.229 e. The Hall–Kier alpha value is -1.40. The molecule has 2 N–H and O–H groups in total. The van der Waals surface area contributed by atoms with Crippen LogP contribution in [0.1, 0.15) is 43.0 Å². The van der Waals surface area contributed by atoms with E-state index in [1.807, 2.05) is 25.1 Å². The minimum Gasteiger partial charge on any atom is -0.485 e. The molecule has 1 aliphatic rings.